The lowest BCUT2D eigenvalue weighted by Crippen LogP contribution is -2.32. The Balaban J connectivity index is 2.00. The SMILES string of the molecule is CC(c1cc(F)ccc1F)N(C)CC(=O)Nc1ccc(Br)cn1. The van der Waals surface area contributed by atoms with Crippen LogP contribution in [-0.4, -0.2) is 29.4 Å². The van der Waals surface area contributed by atoms with Gasteiger partial charge in [-0.1, -0.05) is 0 Å². The summed E-state index contributed by atoms with van der Waals surface area (Å²) in [7, 11) is 1.67. The predicted molar refractivity (Wildman–Crippen MR) is 88.0 cm³/mol. The second kappa shape index (κ2) is 7.61. The molecule has 1 amide bonds. The molecule has 7 heteroatoms. The van der Waals surface area contributed by atoms with Crippen LogP contribution in [0.15, 0.2) is 41.0 Å². The molecule has 1 aromatic heterocycles. The molecule has 0 aliphatic heterocycles. The van der Waals surface area contributed by atoms with Crippen molar-refractivity contribution in [2.75, 3.05) is 18.9 Å². The zero-order valence-corrected chi connectivity index (χ0v) is 14.3. The molecule has 4 nitrogen and oxygen atoms in total. The molecule has 1 atom stereocenters. The Kier molecular flexibility index (Phi) is 5.79. The second-order valence-corrected chi connectivity index (χ2v) is 6.08. The number of hydrogen-bond acceptors (Lipinski definition) is 3. The number of amides is 1. The molecule has 122 valence electrons. The molecular weight excluding hydrogens is 368 g/mol. The van der Waals surface area contributed by atoms with E-state index in [-0.39, 0.29) is 18.0 Å². The molecule has 0 spiro atoms. The van der Waals surface area contributed by atoms with Crippen LogP contribution in [0.4, 0.5) is 14.6 Å². The minimum absolute atomic E-state index is 0.0227. The third-order valence-corrected chi connectivity index (χ3v) is 3.93. The maximum atomic E-state index is 13.8. The first-order valence-corrected chi connectivity index (χ1v) is 7.72. The van der Waals surface area contributed by atoms with Crippen LogP contribution in [-0.2, 0) is 4.79 Å². The number of aromatic nitrogens is 1. The summed E-state index contributed by atoms with van der Waals surface area (Å²) >= 11 is 3.26. The molecule has 0 aliphatic carbocycles. The number of hydrogen-bond donors (Lipinski definition) is 1. The lowest BCUT2D eigenvalue weighted by Gasteiger charge is -2.24. The van der Waals surface area contributed by atoms with Crippen LogP contribution in [0.5, 0.6) is 0 Å². The van der Waals surface area contributed by atoms with Crippen molar-refractivity contribution in [3.05, 3.63) is 58.2 Å². The molecule has 23 heavy (non-hydrogen) atoms. The van der Waals surface area contributed by atoms with Gasteiger partial charge in [0.1, 0.15) is 17.5 Å². The molecule has 0 aliphatic rings. The van der Waals surface area contributed by atoms with E-state index >= 15 is 0 Å². The molecule has 0 radical (unpaired) electrons. The molecule has 1 unspecified atom stereocenters. The van der Waals surface area contributed by atoms with Crippen molar-refractivity contribution in [3.63, 3.8) is 0 Å². The van der Waals surface area contributed by atoms with Crippen LogP contribution >= 0.6 is 15.9 Å². The summed E-state index contributed by atoms with van der Waals surface area (Å²) in [5.41, 5.74) is 0.210. The highest BCUT2D eigenvalue weighted by Crippen LogP contribution is 2.22. The Hall–Kier alpha value is -1.86. The van der Waals surface area contributed by atoms with Crippen molar-refractivity contribution >= 4 is 27.7 Å². The Morgan fingerprint density at radius 1 is 1.35 bits per heavy atom. The van der Waals surface area contributed by atoms with Crippen LogP contribution in [0.1, 0.15) is 18.5 Å². The number of carbonyl (C=O) groups is 1. The lowest BCUT2D eigenvalue weighted by molar-refractivity contribution is -0.117. The highest BCUT2D eigenvalue weighted by atomic mass is 79.9. The Morgan fingerprint density at radius 3 is 2.74 bits per heavy atom. The molecule has 0 fully saturated rings. The van der Waals surface area contributed by atoms with E-state index in [1.54, 1.807) is 37.2 Å². The number of nitrogens with zero attached hydrogens (tertiary/aromatic N) is 2. The van der Waals surface area contributed by atoms with Crippen LogP contribution in [0.2, 0.25) is 0 Å². The zero-order chi connectivity index (χ0) is 17.0. The van der Waals surface area contributed by atoms with Crippen molar-refractivity contribution < 1.29 is 13.6 Å². The van der Waals surface area contributed by atoms with Gasteiger partial charge in [-0.05, 0) is 60.2 Å². The Morgan fingerprint density at radius 2 is 2.09 bits per heavy atom. The molecule has 1 heterocycles. The van der Waals surface area contributed by atoms with E-state index in [0.717, 1.165) is 22.7 Å². The summed E-state index contributed by atoms with van der Waals surface area (Å²) in [6.07, 6.45) is 1.57. The topological polar surface area (TPSA) is 45.2 Å². The van der Waals surface area contributed by atoms with Crippen LogP contribution < -0.4 is 5.32 Å². The number of pyridine rings is 1. The summed E-state index contributed by atoms with van der Waals surface area (Å²) in [6.45, 7) is 1.73. The number of rotatable bonds is 5. The highest BCUT2D eigenvalue weighted by Gasteiger charge is 2.19. The molecule has 0 saturated heterocycles. The van der Waals surface area contributed by atoms with Gasteiger partial charge in [-0.15, -0.1) is 0 Å². The van der Waals surface area contributed by atoms with E-state index in [9.17, 15) is 13.6 Å². The molecule has 2 aromatic rings. The van der Waals surface area contributed by atoms with Gasteiger partial charge in [0.2, 0.25) is 5.91 Å². The van der Waals surface area contributed by atoms with Gasteiger partial charge >= 0.3 is 0 Å². The number of likely N-dealkylation sites (N-methyl/N-ethyl adjacent to an activating group) is 1. The molecule has 1 N–H and O–H groups in total. The summed E-state index contributed by atoms with van der Waals surface area (Å²) < 4.78 is 27.9. The van der Waals surface area contributed by atoms with Gasteiger partial charge in [0.05, 0.1) is 6.54 Å². The zero-order valence-electron chi connectivity index (χ0n) is 12.7. The molecule has 1 aromatic carbocycles. The first-order valence-electron chi connectivity index (χ1n) is 6.93. The fourth-order valence-corrected chi connectivity index (χ4v) is 2.30. The third kappa shape index (κ3) is 4.80. The maximum Gasteiger partial charge on any atom is 0.239 e. The van der Waals surface area contributed by atoms with Crippen molar-refractivity contribution in [2.24, 2.45) is 0 Å². The van der Waals surface area contributed by atoms with E-state index in [1.807, 2.05) is 0 Å². The number of halogens is 3. The largest absolute Gasteiger partial charge is 0.310 e. The van der Waals surface area contributed by atoms with E-state index in [0.29, 0.717) is 5.82 Å². The highest BCUT2D eigenvalue weighted by molar-refractivity contribution is 9.10. The summed E-state index contributed by atoms with van der Waals surface area (Å²) in [5, 5.41) is 2.65. The smallest absolute Gasteiger partial charge is 0.239 e. The molecule has 0 bridgehead atoms. The van der Waals surface area contributed by atoms with E-state index in [1.165, 1.54) is 0 Å². The average molecular weight is 384 g/mol. The van der Waals surface area contributed by atoms with E-state index < -0.39 is 17.7 Å². The average Bonchev–Trinajstić information content (AvgIpc) is 2.51. The standard InChI is InChI=1S/C16H16BrF2N3O/c1-10(13-7-12(18)4-5-14(13)19)22(2)9-16(23)21-15-6-3-11(17)8-20-15/h3-8,10H,9H2,1-2H3,(H,20,21,23). The first kappa shape index (κ1) is 17.5. The fraction of sp³-hybridized carbons (Fsp3) is 0.250. The van der Waals surface area contributed by atoms with Crippen LogP contribution in [0, 0.1) is 11.6 Å². The summed E-state index contributed by atoms with van der Waals surface area (Å²) in [5.74, 6) is -0.868. The molecule has 2 rings (SSSR count). The van der Waals surface area contributed by atoms with E-state index in [4.69, 9.17) is 0 Å². The van der Waals surface area contributed by atoms with Gasteiger partial charge in [0.25, 0.3) is 0 Å². The van der Waals surface area contributed by atoms with Gasteiger partial charge in [-0.2, -0.15) is 0 Å². The quantitative estimate of drug-likeness (QED) is 0.854. The normalized spacial score (nSPS) is 12.3. The van der Waals surface area contributed by atoms with Gasteiger partial charge in [0, 0.05) is 22.3 Å². The predicted octanol–water partition coefficient (Wildman–Crippen LogP) is 3.75. The molecule has 0 saturated carbocycles. The minimum atomic E-state index is -0.509. The van der Waals surface area contributed by atoms with Gasteiger partial charge < -0.3 is 5.32 Å². The van der Waals surface area contributed by atoms with Crippen molar-refractivity contribution in [3.8, 4) is 0 Å². The number of anilines is 1. The maximum absolute atomic E-state index is 13.8. The van der Waals surface area contributed by atoms with Gasteiger partial charge in [-0.25, -0.2) is 13.8 Å². The van der Waals surface area contributed by atoms with Crippen molar-refractivity contribution in [1.82, 2.24) is 9.88 Å². The van der Waals surface area contributed by atoms with Gasteiger partial charge in [0.15, 0.2) is 0 Å². The second-order valence-electron chi connectivity index (χ2n) is 5.17. The number of benzene rings is 1. The first-order chi connectivity index (χ1) is 10.9. The Bertz CT molecular complexity index is 694. The summed E-state index contributed by atoms with van der Waals surface area (Å²) in [4.78, 5) is 17.7. The number of nitrogens with one attached hydrogen (secondary N) is 1. The summed E-state index contributed by atoms with van der Waals surface area (Å²) in [6, 6.07) is 6.27. The minimum Gasteiger partial charge on any atom is -0.310 e. The van der Waals surface area contributed by atoms with Gasteiger partial charge in [-0.3, -0.25) is 9.69 Å². The van der Waals surface area contributed by atoms with Crippen molar-refractivity contribution in [1.29, 1.82) is 0 Å². The van der Waals surface area contributed by atoms with Crippen molar-refractivity contribution in [2.45, 2.75) is 13.0 Å². The molecular formula is C16H16BrF2N3O. The van der Waals surface area contributed by atoms with E-state index in [2.05, 4.69) is 26.2 Å². The third-order valence-electron chi connectivity index (χ3n) is 3.46. The van der Waals surface area contributed by atoms with Crippen LogP contribution in [0.3, 0.4) is 0 Å². The monoisotopic (exact) mass is 383 g/mol. The lowest BCUT2D eigenvalue weighted by atomic mass is 10.1. The number of carbonyl (C=O) groups excluding carboxylic acids is 1. The Labute approximate surface area is 141 Å². The van der Waals surface area contributed by atoms with Crippen LogP contribution in [0.25, 0.3) is 0 Å². The fourth-order valence-electron chi connectivity index (χ4n) is 2.07.